The van der Waals surface area contributed by atoms with Crippen LogP contribution in [0, 0.1) is 0 Å². The zero-order chi connectivity index (χ0) is 15.3. The number of hydrogen-bond acceptors (Lipinski definition) is 5. The first-order valence-corrected chi connectivity index (χ1v) is 8.47. The van der Waals surface area contributed by atoms with Gasteiger partial charge in [0, 0.05) is 38.8 Å². The van der Waals surface area contributed by atoms with Crippen LogP contribution in [-0.2, 0) is 9.53 Å². The molecule has 0 aromatic rings. The molecule has 5 nitrogen and oxygen atoms in total. The first-order chi connectivity index (χ1) is 10.1. The number of hydrogen-bond donors (Lipinski definition) is 1. The van der Waals surface area contributed by atoms with E-state index in [9.17, 15) is 4.79 Å². The Balaban J connectivity index is 2.13. The lowest BCUT2D eigenvalue weighted by atomic mass is 9.84. The highest BCUT2D eigenvalue weighted by Crippen LogP contribution is 2.32. The van der Waals surface area contributed by atoms with Gasteiger partial charge in [-0.05, 0) is 46.6 Å². The van der Waals surface area contributed by atoms with Crippen LogP contribution in [0.5, 0.6) is 0 Å². The Bertz CT molecular complexity index is 330. The SMILES string of the molecule is CCOC(=O)C1(N2CCCNCC2)CCN(C(C)C)CC1. The molecule has 2 aliphatic heterocycles. The summed E-state index contributed by atoms with van der Waals surface area (Å²) in [6.07, 6.45) is 2.89. The number of carbonyl (C=O) groups excluding carboxylic acids is 1. The van der Waals surface area contributed by atoms with Crippen LogP contribution in [0.3, 0.4) is 0 Å². The normalized spacial score (nSPS) is 24.8. The van der Waals surface area contributed by atoms with Crippen molar-refractivity contribution < 1.29 is 9.53 Å². The average Bonchev–Trinajstić information content (AvgIpc) is 2.77. The summed E-state index contributed by atoms with van der Waals surface area (Å²) in [7, 11) is 0. The second-order valence-corrected chi connectivity index (χ2v) is 6.47. The summed E-state index contributed by atoms with van der Waals surface area (Å²) in [5.41, 5.74) is -0.395. The smallest absolute Gasteiger partial charge is 0.326 e. The maximum atomic E-state index is 12.7. The molecular weight excluding hydrogens is 266 g/mol. The fourth-order valence-corrected chi connectivity index (χ4v) is 3.60. The van der Waals surface area contributed by atoms with Crippen molar-refractivity contribution in [3.8, 4) is 0 Å². The number of esters is 1. The summed E-state index contributed by atoms with van der Waals surface area (Å²) < 4.78 is 5.45. The lowest BCUT2D eigenvalue weighted by Gasteiger charge is -2.47. The molecule has 2 aliphatic rings. The lowest BCUT2D eigenvalue weighted by molar-refractivity contribution is -0.162. The van der Waals surface area contributed by atoms with Gasteiger partial charge in [0.05, 0.1) is 6.61 Å². The van der Waals surface area contributed by atoms with E-state index in [0.717, 1.165) is 58.5 Å². The molecule has 0 saturated carbocycles. The van der Waals surface area contributed by atoms with Crippen LogP contribution in [0.2, 0.25) is 0 Å². The summed E-state index contributed by atoms with van der Waals surface area (Å²) in [4.78, 5) is 17.6. The summed E-state index contributed by atoms with van der Waals surface area (Å²) in [5.74, 6) is -0.00435. The van der Waals surface area contributed by atoms with Gasteiger partial charge in [0.15, 0.2) is 0 Å². The Labute approximate surface area is 129 Å². The maximum Gasteiger partial charge on any atom is 0.326 e. The van der Waals surface area contributed by atoms with Gasteiger partial charge < -0.3 is 15.0 Å². The molecule has 21 heavy (non-hydrogen) atoms. The second kappa shape index (κ2) is 7.56. The minimum atomic E-state index is -0.395. The van der Waals surface area contributed by atoms with E-state index in [-0.39, 0.29) is 5.97 Å². The molecular formula is C16H31N3O2. The molecule has 0 atom stereocenters. The number of nitrogens with zero attached hydrogens (tertiary/aromatic N) is 2. The number of ether oxygens (including phenoxy) is 1. The van der Waals surface area contributed by atoms with E-state index >= 15 is 0 Å². The summed E-state index contributed by atoms with van der Waals surface area (Å²) in [6.45, 7) is 12.8. The van der Waals surface area contributed by atoms with Crippen LogP contribution in [0.25, 0.3) is 0 Å². The third-order valence-corrected chi connectivity index (χ3v) is 4.96. The summed E-state index contributed by atoms with van der Waals surface area (Å²) >= 11 is 0. The van der Waals surface area contributed by atoms with E-state index in [2.05, 4.69) is 29.0 Å². The number of likely N-dealkylation sites (tertiary alicyclic amines) is 1. The predicted molar refractivity (Wildman–Crippen MR) is 84.4 cm³/mol. The molecule has 0 radical (unpaired) electrons. The quantitative estimate of drug-likeness (QED) is 0.787. The molecule has 0 amide bonds. The molecule has 2 fully saturated rings. The largest absolute Gasteiger partial charge is 0.465 e. The first kappa shape index (κ1) is 16.7. The zero-order valence-corrected chi connectivity index (χ0v) is 13.9. The molecule has 0 aromatic carbocycles. The van der Waals surface area contributed by atoms with Crippen LogP contribution in [0.15, 0.2) is 0 Å². The van der Waals surface area contributed by atoms with Gasteiger partial charge in [0.2, 0.25) is 0 Å². The van der Waals surface area contributed by atoms with Crippen molar-refractivity contribution in [3.05, 3.63) is 0 Å². The van der Waals surface area contributed by atoms with Gasteiger partial charge in [-0.1, -0.05) is 0 Å². The number of piperidine rings is 1. The predicted octanol–water partition coefficient (Wildman–Crippen LogP) is 1.09. The van der Waals surface area contributed by atoms with Gasteiger partial charge in [-0.3, -0.25) is 9.69 Å². The maximum absolute atomic E-state index is 12.7. The van der Waals surface area contributed by atoms with Crippen LogP contribution >= 0.6 is 0 Å². The Morgan fingerprint density at radius 2 is 1.90 bits per heavy atom. The second-order valence-electron chi connectivity index (χ2n) is 6.47. The topological polar surface area (TPSA) is 44.8 Å². The third kappa shape index (κ3) is 3.76. The highest BCUT2D eigenvalue weighted by Gasteiger charge is 2.47. The summed E-state index contributed by atoms with van der Waals surface area (Å²) in [6, 6.07) is 0.552. The molecule has 0 aromatic heterocycles. The standard InChI is InChI=1S/C16H31N3O2/c1-4-21-15(20)16(19-10-5-8-17-9-13-19)6-11-18(12-7-16)14(2)3/h14,17H,4-13H2,1-3H3. The Kier molecular flexibility index (Phi) is 6.02. The van der Waals surface area contributed by atoms with Crippen molar-refractivity contribution >= 4 is 5.97 Å². The van der Waals surface area contributed by atoms with E-state index in [1.54, 1.807) is 0 Å². The van der Waals surface area contributed by atoms with Gasteiger partial charge in [-0.15, -0.1) is 0 Å². The average molecular weight is 297 g/mol. The number of rotatable bonds is 4. The summed E-state index contributed by atoms with van der Waals surface area (Å²) in [5, 5.41) is 3.43. The van der Waals surface area contributed by atoms with Crippen LogP contribution in [0.4, 0.5) is 0 Å². The van der Waals surface area contributed by atoms with E-state index in [0.29, 0.717) is 12.6 Å². The highest BCUT2D eigenvalue weighted by molar-refractivity contribution is 5.81. The minimum absolute atomic E-state index is 0.00435. The molecule has 1 N–H and O–H groups in total. The Hall–Kier alpha value is -0.650. The van der Waals surface area contributed by atoms with Crippen LogP contribution < -0.4 is 5.32 Å². The molecule has 2 rings (SSSR count). The third-order valence-electron chi connectivity index (χ3n) is 4.96. The minimum Gasteiger partial charge on any atom is -0.465 e. The Morgan fingerprint density at radius 3 is 2.52 bits per heavy atom. The van der Waals surface area contributed by atoms with E-state index < -0.39 is 5.54 Å². The van der Waals surface area contributed by atoms with Gasteiger partial charge in [-0.2, -0.15) is 0 Å². The van der Waals surface area contributed by atoms with E-state index in [1.165, 1.54) is 0 Å². The van der Waals surface area contributed by atoms with Gasteiger partial charge in [0.25, 0.3) is 0 Å². The molecule has 2 heterocycles. The molecule has 2 saturated heterocycles. The zero-order valence-electron chi connectivity index (χ0n) is 13.9. The lowest BCUT2D eigenvalue weighted by Crippen LogP contribution is -2.62. The van der Waals surface area contributed by atoms with Gasteiger partial charge in [0.1, 0.15) is 5.54 Å². The van der Waals surface area contributed by atoms with Crippen molar-refractivity contribution in [3.63, 3.8) is 0 Å². The number of carbonyl (C=O) groups is 1. The van der Waals surface area contributed by atoms with Crippen LogP contribution in [0.1, 0.15) is 40.0 Å². The van der Waals surface area contributed by atoms with Crippen molar-refractivity contribution in [1.82, 2.24) is 15.1 Å². The van der Waals surface area contributed by atoms with Crippen molar-refractivity contribution in [1.29, 1.82) is 0 Å². The fraction of sp³-hybridized carbons (Fsp3) is 0.938. The fourth-order valence-electron chi connectivity index (χ4n) is 3.60. The first-order valence-electron chi connectivity index (χ1n) is 8.47. The van der Waals surface area contributed by atoms with Gasteiger partial charge in [-0.25, -0.2) is 0 Å². The van der Waals surface area contributed by atoms with E-state index in [1.807, 2.05) is 6.92 Å². The van der Waals surface area contributed by atoms with Crippen molar-refractivity contribution in [2.75, 3.05) is 45.9 Å². The van der Waals surface area contributed by atoms with Crippen LogP contribution in [-0.4, -0.2) is 73.2 Å². The van der Waals surface area contributed by atoms with E-state index in [4.69, 9.17) is 4.74 Å². The molecule has 0 unspecified atom stereocenters. The molecule has 122 valence electrons. The molecule has 0 bridgehead atoms. The molecule has 0 spiro atoms. The van der Waals surface area contributed by atoms with Crippen molar-refractivity contribution in [2.24, 2.45) is 0 Å². The van der Waals surface area contributed by atoms with Crippen molar-refractivity contribution in [2.45, 2.75) is 51.6 Å². The van der Waals surface area contributed by atoms with Gasteiger partial charge >= 0.3 is 5.97 Å². The molecule has 0 aliphatic carbocycles. The monoisotopic (exact) mass is 297 g/mol. The molecule has 5 heteroatoms. The Morgan fingerprint density at radius 1 is 1.19 bits per heavy atom. The highest BCUT2D eigenvalue weighted by atomic mass is 16.5. The number of nitrogens with one attached hydrogen (secondary N) is 1.